The Morgan fingerprint density at radius 3 is 1.77 bits per heavy atom. The van der Waals surface area contributed by atoms with Gasteiger partial charge >= 0.3 is 0 Å². The molecule has 0 unspecified atom stereocenters. The molecule has 0 atom stereocenters. The lowest BCUT2D eigenvalue weighted by Gasteiger charge is -2.08. The molecule has 3 heteroatoms. The fourth-order valence-corrected chi connectivity index (χ4v) is 2.89. The summed E-state index contributed by atoms with van der Waals surface area (Å²) >= 11 is 0. The fourth-order valence-electron chi connectivity index (χ4n) is 2.89. The van der Waals surface area contributed by atoms with Crippen LogP contribution in [0, 0.1) is 0 Å². The predicted molar refractivity (Wildman–Crippen MR) is 107 cm³/mol. The summed E-state index contributed by atoms with van der Waals surface area (Å²) in [6.45, 7) is 3.23. The van der Waals surface area contributed by atoms with Crippen LogP contribution in [-0.2, 0) is 4.74 Å². The van der Waals surface area contributed by atoms with Crippen molar-refractivity contribution in [3.05, 3.63) is 54.1 Å². The van der Waals surface area contributed by atoms with Crippen LogP contribution in [0.15, 0.2) is 48.5 Å². The third-order valence-corrected chi connectivity index (χ3v) is 4.49. The van der Waals surface area contributed by atoms with Crippen LogP contribution in [-0.4, -0.2) is 26.1 Å². The molecule has 140 valence electrons. The van der Waals surface area contributed by atoms with Gasteiger partial charge in [-0.2, -0.15) is 0 Å². The average molecular weight is 354 g/mol. The van der Waals surface area contributed by atoms with Crippen molar-refractivity contribution >= 4 is 5.78 Å². The van der Waals surface area contributed by atoms with Gasteiger partial charge in [-0.1, -0.05) is 62.1 Å². The molecular weight excluding hydrogens is 324 g/mol. The highest BCUT2D eigenvalue weighted by molar-refractivity contribution is 5.94. The first kappa shape index (κ1) is 20.2. The van der Waals surface area contributed by atoms with Crippen molar-refractivity contribution < 1.29 is 14.3 Å². The highest BCUT2D eigenvalue weighted by Gasteiger charge is 2.02. The highest BCUT2D eigenvalue weighted by Crippen LogP contribution is 2.23. The second-order valence-corrected chi connectivity index (χ2v) is 6.62. The molecule has 0 aromatic heterocycles. The molecular formula is C23H30O3. The summed E-state index contributed by atoms with van der Waals surface area (Å²) in [6.07, 6.45) is 7.27. The molecule has 2 aromatic rings. The van der Waals surface area contributed by atoms with Crippen molar-refractivity contribution in [2.45, 2.75) is 45.4 Å². The van der Waals surface area contributed by atoms with E-state index in [1.54, 1.807) is 14.0 Å². The zero-order valence-corrected chi connectivity index (χ0v) is 16.0. The van der Waals surface area contributed by atoms with Crippen molar-refractivity contribution in [3.8, 4) is 16.9 Å². The van der Waals surface area contributed by atoms with Gasteiger partial charge in [0.2, 0.25) is 0 Å². The Morgan fingerprint density at radius 2 is 1.23 bits per heavy atom. The van der Waals surface area contributed by atoms with E-state index in [2.05, 4.69) is 12.1 Å². The van der Waals surface area contributed by atoms with E-state index in [-0.39, 0.29) is 5.78 Å². The molecule has 0 aliphatic rings. The highest BCUT2D eigenvalue weighted by atomic mass is 16.5. The average Bonchev–Trinajstić information content (AvgIpc) is 2.67. The van der Waals surface area contributed by atoms with Gasteiger partial charge < -0.3 is 9.47 Å². The first-order valence-electron chi connectivity index (χ1n) is 9.54. The Morgan fingerprint density at radius 1 is 0.731 bits per heavy atom. The van der Waals surface area contributed by atoms with Gasteiger partial charge in [-0.25, -0.2) is 0 Å². The van der Waals surface area contributed by atoms with Crippen molar-refractivity contribution in [1.82, 2.24) is 0 Å². The van der Waals surface area contributed by atoms with Crippen molar-refractivity contribution in [2.75, 3.05) is 20.3 Å². The van der Waals surface area contributed by atoms with Crippen LogP contribution in [0.3, 0.4) is 0 Å². The van der Waals surface area contributed by atoms with Crippen LogP contribution in [0.2, 0.25) is 0 Å². The number of carbonyl (C=O) groups excluding carboxylic acids is 1. The molecule has 0 amide bonds. The maximum atomic E-state index is 11.3. The molecule has 0 radical (unpaired) electrons. The molecule has 0 spiro atoms. The summed E-state index contributed by atoms with van der Waals surface area (Å²) in [4.78, 5) is 11.3. The number of unbranched alkanes of at least 4 members (excludes halogenated alkanes) is 5. The largest absolute Gasteiger partial charge is 0.494 e. The number of Topliss-reactive ketones (excluding diaryl/α,β-unsaturated/α-hetero) is 1. The van der Waals surface area contributed by atoms with Crippen molar-refractivity contribution in [3.63, 3.8) is 0 Å². The van der Waals surface area contributed by atoms with E-state index >= 15 is 0 Å². The van der Waals surface area contributed by atoms with Gasteiger partial charge in [0.05, 0.1) is 6.61 Å². The number of carbonyl (C=O) groups is 1. The van der Waals surface area contributed by atoms with E-state index < -0.39 is 0 Å². The molecule has 0 aliphatic carbocycles. The second-order valence-electron chi connectivity index (χ2n) is 6.62. The van der Waals surface area contributed by atoms with E-state index in [0.29, 0.717) is 0 Å². The lowest BCUT2D eigenvalue weighted by atomic mass is 10.0. The zero-order valence-electron chi connectivity index (χ0n) is 16.0. The number of ketones is 1. The summed E-state index contributed by atoms with van der Waals surface area (Å²) in [5.74, 6) is 1.00. The standard InChI is InChI=1S/C23H30O3/c1-19(24)20-9-11-21(12-10-20)22-13-15-23(16-14-22)26-18-8-6-4-3-5-7-17-25-2/h9-16H,3-8,17-18H2,1-2H3. The number of ether oxygens (including phenoxy) is 2. The first-order valence-corrected chi connectivity index (χ1v) is 9.54. The molecule has 0 bridgehead atoms. The summed E-state index contributed by atoms with van der Waals surface area (Å²) in [5.41, 5.74) is 2.98. The van der Waals surface area contributed by atoms with Crippen LogP contribution in [0.5, 0.6) is 5.75 Å². The zero-order chi connectivity index (χ0) is 18.6. The van der Waals surface area contributed by atoms with Gasteiger partial charge in [0.25, 0.3) is 0 Å². The molecule has 2 rings (SSSR count). The molecule has 0 fully saturated rings. The van der Waals surface area contributed by atoms with E-state index in [1.807, 2.05) is 36.4 Å². The molecule has 0 N–H and O–H groups in total. The van der Waals surface area contributed by atoms with Gasteiger partial charge in [-0.05, 0) is 43.0 Å². The minimum atomic E-state index is 0.0928. The Hall–Kier alpha value is -2.13. The predicted octanol–water partition coefficient (Wildman–Crippen LogP) is 5.92. The number of benzene rings is 2. The van der Waals surface area contributed by atoms with E-state index in [0.717, 1.165) is 48.5 Å². The molecule has 0 aliphatic heterocycles. The fraction of sp³-hybridized carbons (Fsp3) is 0.435. The van der Waals surface area contributed by atoms with Crippen LogP contribution in [0.4, 0.5) is 0 Å². The lowest BCUT2D eigenvalue weighted by molar-refractivity contribution is 0.101. The van der Waals surface area contributed by atoms with Gasteiger partial charge in [0, 0.05) is 19.3 Å². The molecule has 26 heavy (non-hydrogen) atoms. The van der Waals surface area contributed by atoms with Gasteiger partial charge in [0.15, 0.2) is 5.78 Å². The van der Waals surface area contributed by atoms with Gasteiger partial charge in [0.1, 0.15) is 5.75 Å². The van der Waals surface area contributed by atoms with Crippen LogP contribution < -0.4 is 4.74 Å². The number of methoxy groups -OCH3 is 1. The molecule has 3 nitrogen and oxygen atoms in total. The van der Waals surface area contributed by atoms with E-state index in [9.17, 15) is 4.79 Å². The Kier molecular flexibility index (Phi) is 8.91. The Balaban J connectivity index is 1.68. The minimum absolute atomic E-state index is 0.0928. The SMILES string of the molecule is COCCCCCCCCOc1ccc(-c2ccc(C(C)=O)cc2)cc1. The van der Waals surface area contributed by atoms with Crippen LogP contribution >= 0.6 is 0 Å². The maximum absolute atomic E-state index is 11.3. The first-order chi connectivity index (χ1) is 12.7. The molecule has 0 saturated heterocycles. The maximum Gasteiger partial charge on any atom is 0.159 e. The van der Waals surface area contributed by atoms with Gasteiger partial charge in [-0.15, -0.1) is 0 Å². The van der Waals surface area contributed by atoms with Crippen LogP contribution in [0.1, 0.15) is 55.8 Å². The lowest BCUT2D eigenvalue weighted by Crippen LogP contribution is -1.97. The normalized spacial score (nSPS) is 10.7. The Labute approximate surface area is 157 Å². The smallest absolute Gasteiger partial charge is 0.159 e. The minimum Gasteiger partial charge on any atom is -0.494 e. The molecule has 0 saturated carbocycles. The van der Waals surface area contributed by atoms with E-state index in [4.69, 9.17) is 9.47 Å². The summed E-state index contributed by atoms with van der Waals surface area (Å²) in [7, 11) is 1.76. The number of hydrogen-bond acceptors (Lipinski definition) is 3. The third-order valence-electron chi connectivity index (χ3n) is 4.49. The quantitative estimate of drug-likeness (QED) is 0.350. The van der Waals surface area contributed by atoms with Crippen LogP contribution in [0.25, 0.3) is 11.1 Å². The monoisotopic (exact) mass is 354 g/mol. The Bertz CT molecular complexity index is 644. The number of hydrogen-bond donors (Lipinski definition) is 0. The summed E-state index contributed by atoms with van der Waals surface area (Å²) < 4.78 is 10.9. The van der Waals surface area contributed by atoms with E-state index in [1.165, 1.54) is 25.7 Å². The van der Waals surface area contributed by atoms with Gasteiger partial charge in [-0.3, -0.25) is 4.79 Å². The van der Waals surface area contributed by atoms with Crippen molar-refractivity contribution in [2.24, 2.45) is 0 Å². The third kappa shape index (κ3) is 7.01. The molecule has 0 heterocycles. The summed E-state index contributed by atoms with van der Waals surface area (Å²) in [6, 6.07) is 15.9. The summed E-state index contributed by atoms with van der Waals surface area (Å²) in [5, 5.41) is 0. The molecule has 2 aromatic carbocycles. The van der Waals surface area contributed by atoms with Crippen molar-refractivity contribution in [1.29, 1.82) is 0 Å². The number of rotatable bonds is 12. The second kappa shape index (κ2) is 11.5. The topological polar surface area (TPSA) is 35.5 Å².